The molecule has 0 aliphatic rings. The third-order valence-electron chi connectivity index (χ3n) is 3.77. The van der Waals surface area contributed by atoms with Crippen LogP contribution in [0, 0.1) is 11.6 Å². The van der Waals surface area contributed by atoms with Gasteiger partial charge in [-0.1, -0.05) is 0 Å². The second-order valence-corrected chi connectivity index (χ2v) is 8.85. The molecule has 2 rings (SSSR count). The normalized spacial score (nSPS) is 12.8. The number of nitrogens with zero attached hydrogens (tertiary/aromatic N) is 1. The Kier molecular flexibility index (Phi) is 8.79. The molecular formula is C18H19F2N4O7PS. The zero-order chi connectivity index (χ0) is 24.8. The minimum absolute atomic E-state index is 0.00849. The maximum Gasteiger partial charge on any atom is 0.317 e. The van der Waals surface area contributed by atoms with Crippen LogP contribution in [0.5, 0.6) is 11.5 Å². The molecule has 178 valence electrons. The van der Waals surface area contributed by atoms with E-state index in [0.29, 0.717) is 0 Å². The largest absolute Gasteiger partial charge is 0.451 e. The quantitative estimate of drug-likeness (QED) is 0.129. The number of nitrogens with one attached hydrogen (secondary N) is 1. The van der Waals surface area contributed by atoms with Gasteiger partial charge in [0.05, 0.1) is 4.90 Å². The lowest BCUT2D eigenvalue weighted by Crippen LogP contribution is -2.25. The maximum absolute atomic E-state index is 14.4. The van der Waals surface area contributed by atoms with Crippen LogP contribution < -0.4 is 20.9 Å². The van der Waals surface area contributed by atoms with Crippen LogP contribution in [0.4, 0.5) is 8.78 Å². The summed E-state index contributed by atoms with van der Waals surface area (Å²) >= 11 is 0. The molecule has 0 radical (unpaired) electrons. The number of halogens is 2. The number of ether oxygens (including phenoxy) is 1. The van der Waals surface area contributed by atoms with E-state index in [2.05, 4.69) is 9.52 Å². The lowest BCUT2D eigenvalue weighted by Gasteiger charge is -2.10. The van der Waals surface area contributed by atoms with E-state index in [1.54, 1.807) is 0 Å². The number of benzene rings is 2. The van der Waals surface area contributed by atoms with Crippen molar-refractivity contribution in [2.24, 2.45) is 16.5 Å². The standard InChI is InChI=1S/C18H19F2N4O7PS/c1-10(17(25)24-18(21)22)6-11-7-14(19)16(15(20)8-11)31-12-2-4-13(5-3-12)33(28,29)23-9-30-32(26)27/h2-8,23,32H,9H2,1H3,(H,26,27)(H4,21,22,24,25)/b10-6+. The average molecular weight is 504 g/mol. The Morgan fingerprint density at radius 3 is 2.30 bits per heavy atom. The van der Waals surface area contributed by atoms with Gasteiger partial charge in [0.1, 0.15) is 12.5 Å². The van der Waals surface area contributed by atoms with Crippen LogP contribution in [0.25, 0.3) is 6.08 Å². The van der Waals surface area contributed by atoms with Crippen LogP contribution in [0.15, 0.2) is 51.9 Å². The van der Waals surface area contributed by atoms with Gasteiger partial charge in [-0.2, -0.15) is 9.71 Å². The summed E-state index contributed by atoms with van der Waals surface area (Å²) in [7, 11) is -7.37. The second kappa shape index (κ2) is 11.1. The summed E-state index contributed by atoms with van der Waals surface area (Å²) in [5.41, 5.74) is 10.3. The minimum Gasteiger partial charge on any atom is -0.451 e. The molecule has 1 amide bonds. The topological polar surface area (TPSA) is 183 Å². The van der Waals surface area contributed by atoms with Crippen molar-refractivity contribution in [2.75, 3.05) is 6.73 Å². The van der Waals surface area contributed by atoms with Gasteiger partial charge in [0.2, 0.25) is 10.0 Å². The zero-order valence-corrected chi connectivity index (χ0v) is 18.7. The van der Waals surface area contributed by atoms with Gasteiger partial charge in [-0.3, -0.25) is 13.9 Å². The van der Waals surface area contributed by atoms with Crippen LogP contribution >= 0.6 is 8.25 Å². The van der Waals surface area contributed by atoms with Gasteiger partial charge in [-0.05, 0) is 55.0 Å². The van der Waals surface area contributed by atoms with Crippen molar-refractivity contribution in [1.82, 2.24) is 4.72 Å². The summed E-state index contributed by atoms with van der Waals surface area (Å²) in [6, 6.07) is 6.31. The van der Waals surface area contributed by atoms with E-state index in [-0.39, 0.29) is 21.8 Å². The number of aliphatic imine (C=N–C) groups is 1. The predicted molar refractivity (Wildman–Crippen MR) is 115 cm³/mol. The molecule has 6 N–H and O–H groups in total. The van der Waals surface area contributed by atoms with Crippen molar-refractivity contribution in [3.8, 4) is 11.5 Å². The van der Waals surface area contributed by atoms with Gasteiger partial charge in [0.25, 0.3) is 5.91 Å². The molecule has 0 bridgehead atoms. The lowest BCUT2D eigenvalue weighted by molar-refractivity contribution is -0.114. The second-order valence-electron chi connectivity index (χ2n) is 6.26. The Hall–Kier alpha value is -3.16. The smallest absolute Gasteiger partial charge is 0.317 e. The number of guanidine groups is 1. The molecule has 1 atom stereocenters. The Morgan fingerprint density at radius 1 is 1.21 bits per heavy atom. The van der Waals surface area contributed by atoms with E-state index in [1.165, 1.54) is 13.0 Å². The van der Waals surface area contributed by atoms with Gasteiger partial charge in [-0.25, -0.2) is 17.2 Å². The van der Waals surface area contributed by atoms with E-state index < -0.39 is 54.3 Å². The highest BCUT2D eigenvalue weighted by Crippen LogP contribution is 2.30. The Morgan fingerprint density at radius 2 is 1.79 bits per heavy atom. The van der Waals surface area contributed by atoms with Gasteiger partial charge >= 0.3 is 8.25 Å². The molecule has 0 heterocycles. The zero-order valence-electron chi connectivity index (χ0n) is 16.9. The number of sulfonamides is 1. The first-order valence-corrected chi connectivity index (χ1v) is 11.6. The number of carbonyl (C=O) groups excluding carboxylic acids is 1. The fraction of sp³-hybridized carbons (Fsp3) is 0.111. The van der Waals surface area contributed by atoms with E-state index in [9.17, 15) is 26.6 Å². The monoisotopic (exact) mass is 504 g/mol. The fourth-order valence-corrected chi connectivity index (χ4v) is 3.51. The van der Waals surface area contributed by atoms with Crippen molar-refractivity contribution in [3.05, 3.63) is 59.2 Å². The van der Waals surface area contributed by atoms with Gasteiger partial charge in [0.15, 0.2) is 23.3 Å². The molecule has 1 unspecified atom stereocenters. The summed E-state index contributed by atoms with van der Waals surface area (Å²) in [6.45, 7) is 0.638. The molecular weight excluding hydrogens is 485 g/mol. The number of rotatable bonds is 9. The Balaban J connectivity index is 2.19. The molecule has 0 saturated carbocycles. The first-order valence-electron chi connectivity index (χ1n) is 8.83. The highest BCUT2D eigenvalue weighted by atomic mass is 32.2. The van der Waals surface area contributed by atoms with Crippen molar-refractivity contribution in [1.29, 1.82) is 0 Å². The van der Waals surface area contributed by atoms with E-state index in [1.807, 2.05) is 4.72 Å². The summed E-state index contributed by atoms with van der Waals surface area (Å²) in [5.74, 6) is -4.24. The van der Waals surface area contributed by atoms with Gasteiger partial charge in [0, 0.05) is 5.57 Å². The molecule has 0 fully saturated rings. The van der Waals surface area contributed by atoms with Gasteiger partial charge < -0.3 is 21.1 Å². The van der Waals surface area contributed by atoms with Crippen molar-refractivity contribution < 1.29 is 40.7 Å². The number of nitrogens with two attached hydrogens (primary N) is 2. The van der Waals surface area contributed by atoms with Crippen LogP contribution in [-0.2, 0) is 23.9 Å². The van der Waals surface area contributed by atoms with Crippen molar-refractivity contribution in [2.45, 2.75) is 11.8 Å². The number of hydrogen-bond acceptors (Lipinski definition) is 6. The molecule has 2 aromatic carbocycles. The summed E-state index contributed by atoms with van der Waals surface area (Å²) in [5, 5.41) is 0. The number of hydrogen-bond donors (Lipinski definition) is 4. The van der Waals surface area contributed by atoms with E-state index >= 15 is 0 Å². The molecule has 0 spiro atoms. The first kappa shape index (κ1) is 26.1. The molecule has 0 aromatic heterocycles. The third kappa shape index (κ3) is 7.73. The average Bonchev–Trinajstić information content (AvgIpc) is 2.70. The van der Waals surface area contributed by atoms with Gasteiger partial charge in [-0.15, -0.1) is 0 Å². The van der Waals surface area contributed by atoms with E-state index in [0.717, 1.165) is 36.4 Å². The Bertz CT molecular complexity index is 1210. The summed E-state index contributed by atoms with van der Waals surface area (Å²) in [4.78, 5) is 23.3. The Labute approximate surface area is 187 Å². The molecule has 11 nitrogen and oxygen atoms in total. The highest BCUT2D eigenvalue weighted by Gasteiger charge is 2.17. The highest BCUT2D eigenvalue weighted by molar-refractivity contribution is 7.89. The lowest BCUT2D eigenvalue weighted by atomic mass is 10.1. The van der Waals surface area contributed by atoms with E-state index in [4.69, 9.17) is 21.1 Å². The third-order valence-corrected chi connectivity index (χ3v) is 5.55. The van der Waals surface area contributed by atoms with Crippen LogP contribution in [0.1, 0.15) is 12.5 Å². The molecule has 0 saturated heterocycles. The molecule has 0 aliphatic carbocycles. The summed E-state index contributed by atoms with van der Waals surface area (Å²) in [6.07, 6.45) is 1.18. The first-order chi connectivity index (χ1) is 15.4. The van der Waals surface area contributed by atoms with Crippen molar-refractivity contribution >= 4 is 36.2 Å². The molecule has 2 aromatic rings. The molecule has 15 heteroatoms. The SMILES string of the molecule is C/C(=C\c1cc(F)c(Oc2ccc(S(=O)(=O)NCO[PH](=O)O)cc2)c(F)c1)C(=O)N=C(N)N. The summed E-state index contributed by atoms with van der Waals surface area (Å²) < 4.78 is 74.8. The number of carbonyl (C=O) groups is 1. The van der Waals surface area contributed by atoms with Crippen molar-refractivity contribution in [3.63, 3.8) is 0 Å². The van der Waals surface area contributed by atoms with Crippen LogP contribution in [0.3, 0.4) is 0 Å². The minimum atomic E-state index is -4.07. The molecule has 33 heavy (non-hydrogen) atoms. The maximum atomic E-state index is 14.4. The van der Waals surface area contributed by atoms with Crippen LogP contribution in [-0.4, -0.2) is 31.9 Å². The fourth-order valence-electron chi connectivity index (χ4n) is 2.33. The molecule has 0 aliphatic heterocycles. The van der Waals surface area contributed by atoms with Crippen LogP contribution in [0.2, 0.25) is 0 Å². The predicted octanol–water partition coefficient (Wildman–Crippen LogP) is 1.59. The number of amides is 1.